The largest absolute Gasteiger partial charge is 0.312 e. The maximum atomic E-state index is 3.84. The van der Waals surface area contributed by atoms with Gasteiger partial charge in [-0.25, -0.2) is 0 Å². The molecule has 1 aliphatic heterocycles. The van der Waals surface area contributed by atoms with Gasteiger partial charge in [0.15, 0.2) is 0 Å². The summed E-state index contributed by atoms with van der Waals surface area (Å²) in [6.07, 6.45) is 6.82. The highest BCUT2D eigenvalue weighted by molar-refractivity contribution is 4.80. The van der Waals surface area contributed by atoms with Crippen LogP contribution in [-0.4, -0.2) is 36.6 Å². The lowest BCUT2D eigenvalue weighted by Gasteiger charge is -2.35. The molecule has 1 rings (SSSR count). The zero-order valence-corrected chi connectivity index (χ0v) is 13.9. The summed E-state index contributed by atoms with van der Waals surface area (Å²) in [5.74, 6) is 1.73. The smallest absolute Gasteiger partial charge is 0.00704 e. The van der Waals surface area contributed by atoms with Crippen LogP contribution in [0.2, 0.25) is 0 Å². The molecule has 0 bridgehead atoms. The zero-order valence-electron chi connectivity index (χ0n) is 13.9. The Morgan fingerprint density at radius 3 is 2.21 bits per heavy atom. The fourth-order valence-electron chi connectivity index (χ4n) is 3.27. The highest BCUT2D eigenvalue weighted by Crippen LogP contribution is 2.21. The van der Waals surface area contributed by atoms with Crippen LogP contribution in [0.4, 0.5) is 0 Å². The van der Waals surface area contributed by atoms with Gasteiger partial charge in [0.05, 0.1) is 0 Å². The van der Waals surface area contributed by atoms with Crippen LogP contribution in [0.5, 0.6) is 0 Å². The van der Waals surface area contributed by atoms with Crippen molar-refractivity contribution in [1.82, 2.24) is 10.2 Å². The minimum Gasteiger partial charge on any atom is -0.312 e. The molecular weight excluding hydrogens is 232 g/mol. The van der Waals surface area contributed by atoms with Gasteiger partial charge in [-0.3, -0.25) is 0 Å². The molecule has 1 aliphatic rings. The Balaban J connectivity index is 2.17. The number of likely N-dealkylation sites (tertiary alicyclic amines) is 1. The molecule has 2 heteroatoms. The molecule has 1 fully saturated rings. The first-order valence-corrected chi connectivity index (χ1v) is 8.51. The fourth-order valence-corrected chi connectivity index (χ4v) is 3.27. The van der Waals surface area contributed by atoms with Crippen molar-refractivity contribution in [1.29, 1.82) is 0 Å². The van der Waals surface area contributed by atoms with Gasteiger partial charge in [0.25, 0.3) is 0 Å². The van der Waals surface area contributed by atoms with E-state index in [0.717, 1.165) is 11.8 Å². The lowest BCUT2D eigenvalue weighted by Crippen LogP contribution is -2.44. The van der Waals surface area contributed by atoms with Gasteiger partial charge in [-0.05, 0) is 64.6 Å². The molecule has 2 nitrogen and oxygen atoms in total. The predicted octanol–water partition coefficient (Wildman–Crippen LogP) is 3.91. The molecule has 2 unspecified atom stereocenters. The number of nitrogens with zero attached hydrogens (tertiary/aromatic N) is 1. The average molecular weight is 268 g/mol. The molecule has 0 aromatic rings. The van der Waals surface area contributed by atoms with E-state index in [0.29, 0.717) is 12.1 Å². The summed E-state index contributed by atoms with van der Waals surface area (Å²) in [6.45, 7) is 15.5. The van der Waals surface area contributed by atoms with Crippen molar-refractivity contribution in [2.45, 2.75) is 78.8 Å². The van der Waals surface area contributed by atoms with Gasteiger partial charge in [-0.15, -0.1) is 0 Å². The van der Waals surface area contributed by atoms with Crippen molar-refractivity contribution in [2.24, 2.45) is 11.8 Å². The summed E-state index contributed by atoms with van der Waals surface area (Å²) in [5, 5.41) is 3.84. The van der Waals surface area contributed by atoms with E-state index in [1.165, 1.54) is 51.7 Å². The molecule has 0 aromatic carbocycles. The Hall–Kier alpha value is -0.0800. The summed E-state index contributed by atoms with van der Waals surface area (Å²) >= 11 is 0. The predicted molar refractivity (Wildman–Crippen MR) is 85.6 cm³/mol. The number of rotatable bonds is 8. The second-order valence-electron chi connectivity index (χ2n) is 6.95. The number of hydrogen-bond acceptors (Lipinski definition) is 2. The Morgan fingerprint density at radius 2 is 1.68 bits per heavy atom. The van der Waals surface area contributed by atoms with Gasteiger partial charge in [0, 0.05) is 12.1 Å². The molecule has 19 heavy (non-hydrogen) atoms. The van der Waals surface area contributed by atoms with E-state index >= 15 is 0 Å². The number of nitrogens with one attached hydrogen (secondary N) is 1. The molecular formula is C17H36N2. The van der Waals surface area contributed by atoms with E-state index in [1.807, 2.05) is 0 Å². The van der Waals surface area contributed by atoms with Crippen LogP contribution in [0, 0.1) is 11.8 Å². The number of hydrogen-bond donors (Lipinski definition) is 1. The molecule has 0 aliphatic carbocycles. The summed E-state index contributed by atoms with van der Waals surface area (Å²) < 4.78 is 0. The van der Waals surface area contributed by atoms with E-state index < -0.39 is 0 Å². The summed E-state index contributed by atoms with van der Waals surface area (Å²) in [6, 6.07) is 1.37. The average Bonchev–Trinajstić information content (AvgIpc) is 2.38. The van der Waals surface area contributed by atoms with Gasteiger partial charge in [0.1, 0.15) is 0 Å². The molecule has 0 radical (unpaired) electrons. The summed E-state index contributed by atoms with van der Waals surface area (Å²) in [4.78, 5) is 2.58. The zero-order chi connectivity index (χ0) is 14.3. The lowest BCUT2D eigenvalue weighted by molar-refractivity contribution is 0.164. The van der Waals surface area contributed by atoms with Gasteiger partial charge >= 0.3 is 0 Å². The van der Waals surface area contributed by atoms with Gasteiger partial charge in [0.2, 0.25) is 0 Å². The molecule has 2 atom stereocenters. The van der Waals surface area contributed by atoms with Crippen molar-refractivity contribution in [3.8, 4) is 0 Å². The quantitative estimate of drug-likeness (QED) is 0.718. The number of piperidine rings is 1. The SMILES string of the molecule is CCN1CCC(C(C)NC(C)CCCC(C)C)CC1. The fraction of sp³-hybridized carbons (Fsp3) is 1.00. The second kappa shape index (κ2) is 8.97. The Morgan fingerprint density at radius 1 is 1.05 bits per heavy atom. The standard InChI is InChI=1S/C17H36N2/c1-6-19-12-10-17(11-13-19)16(5)18-15(4)9-7-8-14(2)3/h14-18H,6-13H2,1-5H3. The normalized spacial score (nSPS) is 21.8. The maximum absolute atomic E-state index is 3.84. The van der Waals surface area contributed by atoms with Crippen LogP contribution in [-0.2, 0) is 0 Å². The molecule has 0 amide bonds. The second-order valence-corrected chi connectivity index (χ2v) is 6.95. The first-order chi connectivity index (χ1) is 9.02. The van der Waals surface area contributed by atoms with Crippen LogP contribution >= 0.6 is 0 Å². The minimum absolute atomic E-state index is 0.679. The third kappa shape index (κ3) is 6.76. The molecule has 1 heterocycles. The molecule has 1 N–H and O–H groups in total. The van der Waals surface area contributed by atoms with Crippen molar-refractivity contribution in [3.63, 3.8) is 0 Å². The summed E-state index contributed by atoms with van der Waals surface area (Å²) in [5.41, 5.74) is 0. The molecule has 0 spiro atoms. The van der Waals surface area contributed by atoms with Crippen LogP contribution < -0.4 is 5.32 Å². The van der Waals surface area contributed by atoms with Crippen LogP contribution in [0.25, 0.3) is 0 Å². The summed E-state index contributed by atoms with van der Waals surface area (Å²) in [7, 11) is 0. The van der Waals surface area contributed by atoms with Gasteiger partial charge < -0.3 is 10.2 Å². The Kier molecular flexibility index (Phi) is 8.01. The van der Waals surface area contributed by atoms with Crippen molar-refractivity contribution >= 4 is 0 Å². The third-order valence-corrected chi connectivity index (χ3v) is 4.75. The molecule has 114 valence electrons. The van der Waals surface area contributed by atoms with Crippen molar-refractivity contribution < 1.29 is 0 Å². The van der Waals surface area contributed by atoms with E-state index in [4.69, 9.17) is 0 Å². The molecule has 0 saturated carbocycles. The van der Waals surface area contributed by atoms with Crippen LogP contribution in [0.15, 0.2) is 0 Å². The minimum atomic E-state index is 0.679. The van der Waals surface area contributed by atoms with Crippen molar-refractivity contribution in [2.75, 3.05) is 19.6 Å². The molecule has 1 saturated heterocycles. The lowest BCUT2D eigenvalue weighted by atomic mass is 9.89. The first kappa shape index (κ1) is 17.0. The van der Waals surface area contributed by atoms with Gasteiger partial charge in [-0.2, -0.15) is 0 Å². The van der Waals surface area contributed by atoms with Crippen molar-refractivity contribution in [3.05, 3.63) is 0 Å². The van der Waals surface area contributed by atoms with E-state index in [1.54, 1.807) is 0 Å². The third-order valence-electron chi connectivity index (χ3n) is 4.75. The van der Waals surface area contributed by atoms with Crippen LogP contribution in [0.1, 0.15) is 66.7 Å². The highest BCUT2D eigenvalue weighted by Gasteiger charge is 2.23. The first-order valence-electron chi connectivity index (χ1n) is 8.51. The Labute approximate surface area is 121 Å². The van der Waals surface area contributed by atoms with Gasteiger partial charge in [-0.1, -0.05) is 33.6 Å². The van der Waals surface area contributed by atoms with E-state index in [2.05, 4.69) is 44.8 Å². The maximum Gasteiger partial charge on any atom is 0.00704 e. The highest BCUT2D eigenvalue weighted by atomic mass is 15.1. The van der Waals surface area contributed by atoms with E-state index in [-0.39, 0.29) is 0 Å². The topological polar surface area (TPSA) is 15.3 Å². The van der Waals surface area contributed by atoms with Crippen LogP contribution in [0.3, 0.4) is 0 Å². The van der Waals surface area contributed by atoms with E-state index in [9.17, 15) is 0 Å². The monoisotopic (exact) mass is 268 g/mol. The molecule has 0 aromatic heterocycles. The Bertz CT molecular complexity index is 219.